The molecular weight excluding hydrogens is 497 g/mol. The Hall–Kier alpha value is 0.602. The van der Waals surface area contributed by atoms with Crippen LogP contribution in [0.3, 0.4) is 0 Å². The van der Waals surface area contributed by atoms with E-state index in [1.54, 1.807) is 77.0 Å². The van der Waals surface area contributed by atoms with Crippen LogP contribution in [0.4, 0.5) is 0 Å². The van der Waals surface area contributed by atoms with Crippen molar-refractivity contribution in [2.24, 2.45) is 0 Å². The van der Waals surface area contributed by atoms with Crippen molar-refractivity contribution in [3.63, 3.8) is 0 Å². The van der Waals surface area contributed by atoms with Gasteiger partial charge in [0.2, 0.25) is 0 Å². The minimum atomic E-state index is 0.385. The summed E-state index contributed by atoms with van der Waals surface area (Å²) in [4.78, 5) is 0. The summed E-state index contributed by atoms with van der Waals surface area (Å²) in [5.41, 5.74) is 6.23. The number of hydrogen-bond acceptors (Lipinski definition) is 0. The quantitative estimate of drug-likeness (QED) is 0.266. The molecule has 3 heteroatoms. The molecule has 3 fully saturated rings. The molecule has 1 aromatic rings. The van der Waals surface area contributed by atoms with Gasteiger partial charge in [0.1, 0.15) is 0 Å². The number of fused-ring (bicyclic) bond motifs is 1. The van der Waals surface area contributed by atoms with Crippen LogP contribution in [-0.2, 0) is 18.2 Å². The number of rotatable bonds is 3. The van der Waals surface area contributed by atoms with E-state index in [2.05, 4.69) is 71.2 Å². The Kier molecular flexibility index (Phi) is 12.4. The third-order valence-electron chi connectivity index (χ3n) is 7.54. The molecule has 0 bridgehead atoms. The predicted octanol–water partition coefficient (Wildman–Crippen LogP) is 9.16. The number of halogens is 1. The maximum atomic E-state index is 4.49. The molecule has 0 atom stereocenters. The van der Waals surface area contributed by atoms with Gasteiger partial charge in [-0.05, 0) is 85.9 Å². The fourth-order valence-corrected chi connectivity index (χ4v) is 10.8. The van der Waals surface area contributed by atoms with Crippen LogP contribution in [0.5, 0.6) is 0 Å². The van der Waals surface area contributed by atoms with E-state index in [1.807, 2.05) is 0 Å². The summed E-state index contributed by atoms with van der Waals surface area (Å²) in [6.07, 6.45) is 29.9. The Morgan fingerprint density at radius 3 is 1.23 bits per heavy atom. The third-order valence-corrected chi connectivity index (χ3v) is 11.6. The van der Waals surface area contributed by atoms with E-state index < -0.39 is 0 Å². The first-order valence-corrected chi connectivity index (χ1v) is 16.0. The standard InChI is InChI=1S/C18H33P.C9H7.ClH.Pd/c1-4-10-16(11-5-1)19(17-12-6-2-7-13-17)18-14-8-3-9-15-18;1-2-5-9-7-3-6-8(9)4-1;;/h16-18H,1-15H2;1-7H;1H;/q;;;+2/p-1. The molecule has 3 saturated carbocycles. The van der Waals surface area contributed by atoms with Gasteiger partial charge in [-0.1, -0.05) is 90.0 Å². The normalized spacial score (nSPS) is 23.2. The van der Waals surface area contributed by atoms with Crippen molar-refractivity contribution >= 4 is 17.5 Å². The summed E-state index contributed by atoms with van der Waals surface area (Å²) in [5, 5.41) is 0. The first kappa shape index (κ1) is 25.2. The summed E-state index contributed by atoms with van der Waals surface area (Å²) >= 11 is 2.22. The predicted molar refractivity (Wildman–Crippen MR) is 131 cm³/mol. The first-order chi connectivity index (χ1) is 14.9. The van der Waals surface area contributed by atoms with Gasteiger partial charge in [-0.3, -0.25) is 0 Å². The summed E-state index contributed by atoms with van der Waals surface area (Å²) < 4.78 is 0. The van der Waals surface area contributed by atoms with Crippen LogP contribution in [0.2, 0.25) is 0 Å². The van der Waals surface area contributed by atoms with Crippen LogP contribution in [0, 0.1) is 19.3 Å². The molecule has 0 aliphatic heterocycles. The Labute approximate surface area is 202 Å². The molecule has 4 aliphatic carbocycles. The molecule has 4 aliphatic rings. The van der Waals surface area contributed by atoms with Crippen molar-refractivity contribution < 1.29 is 18.2 Å². The second-order valence-corrected chi connectivity index (χ2v) is 12.6. The average Bonchev–Trinajstić information content (AvgIpc) is 3.32. The zero-order valence-electron chi connectivity index (χ0n) is 18.5. The van der Waals surface area contributed by atoms with E-state index in [4.69, 9.17) is 0 Å². The molecule has 1 aromatic carbocycles. The van der Waals surface area contributed by atoms with Crippen LogP contribution in [0.15, 0.2) is 24.3 Å². The summed E-state index contributed by atoms with van der Waals surface area (Å²) in [7, 11) is 4.87. The fraction of sp³-hybridized carbons (Fsp3) is 0.667. The van der Waals surface area contributed by atoms with E-state index >= 15 is 0 Å². The van der Waals surface area contributed by atoms with E-state index in [0.29, 0.717) is 7.92 Å². The van der Waals surface area contributed by atoms with Crippen molar-refractivity contribution in [3.05, 3.63) is 54.7 Å². The van der Waals surface area contributed by atoms with Crippen molar-refractivity contribution in [2.45, 2.75) is 113 Å². The Morgan fingerprint density at radius 1 is 0.567 bits per heavy atom. The van der Waals surface area contributed by atoms with E-state index in [1.165, 1.54) is 47.4 Å². The van der Waals surface area contributed by atoms with Gasteiger partial charge in [0.15, 0.2) is 0 Å². The zero-order chi connectivity index (χ0) is 21.0. The van der Waals surface area contributed by atoms with Crippen molar-refractivity contribution in [2.75, 3.05) is 0 Å². The van der Waals surface area contributed by atoms with Crippen LogP contribution in [0.25, 0.3) is 0 Å². The molecule has 0 amide bonds. The molecule has 30 heavy (non-hydrogen) atoms. The summed E-state index contributed by atoms with van der Waals surface area (Å²) in [5.74, 6) is 0. The molecule has 169 valence electrons. The van der Waals surface area contributed by atoms with Gasteiger partial charge in [-0.25, -0.2) is 0 Å². The van der Waals surface area contributed by atoms with Gasteiger partial charge in [-0.2, -0.15) is 0 Å². The van der Waals surface area contributed by atoms with Gasteiger partial charge < -0.3 is 0 Å². The van der Waals surface area contributed by atoms with Crippen molar-refractivity contribution in [1.29, 1.82) is 0 Å². The van der Waals surface area contributed by atoms with Crippen LogP contribution >= 0.6 is 17.5 Å². The average molecular weight is 537 g/mol. The SMILES string of the molecule is C1CCC(P(C2CCCCC2)C2CCCCC2)CC1.[CH]1[CH]c2ccccc2[CH]1.[Cl][Pd+]. The molecule has 0 N–H and O–H groups in total. The molecular formula is C27H40ClPPd+. The molecule has 0 nitrogen and oxygen atoms in total. The van der Waals surface area contributed by atoms with Crippen molar-refractivity contribution in [1.82, 2.24) is 0 Å². The van der Waals surface area contributed by atoms with Gasteiger partial charge in [0.25, 0.3) is 0 Å². The van der Waals surface area contributed by atoms with Gasteiger partial charge in [0, 0.05) is 0 Å². The number of benzene rings is 1. The van der Waals surface area contributed by atoms with E-state index in [-0.39, 0.29) is 0 Å². The van der Waals surface area contributed by atoms with Crippen molar-refractivity contribution in [3.8, 4) is 0 Å². The first-order valence-electron chi connectivity index (χ1n) is 12.4. The topological polar surface area (TPSA) is 0 Å². The Balaban J connectivity index is 0.000000194. The third kappa shape index (κ3) is 7.58. The van der Waals surface area contributed by atoms with Gasteiger partial charge in [-0.15, -0.1) is 0 Å². The fourth-order valence-electron chi connectivity index (χ4n) is 6.10. The minimum absolute atomic E-state index is 0.385. The summed E-state index contributed by atoms with van der Waals surface area (Å²) in [6.45, 7) is 0. The molecule has 0 spiro atoms. The Morgan fingerprint density at radius 2 is 0.900 bits per heavy atom. The van der Waals surface area contributed by atoms with Gasteiger partial charge >= 0.3 is 27.7 Å². The maximum absolute atomic E-state index is 4.49. The van der Waals surface area contributed by atoms with Crippen LogP contribution < -0.4 is 0 Å². The van der Waals surface area contributed by atoms with Gasteiger partial charge in [0.05, 0.1) is 0 Å². The summed E-state index contributed by atoms with van der Waals surface area (Å²) in [6, 6.07) is 8.36. The molecule has 0 unspecified atom stereocenters. The molecule has 0 heterocycles. The van der Waals surface area contributed by atoms with Crippen LogP contribution in [0.1, 0.15) is 107 Å². The molecule has 0 saturated heterocycles. The van der Waals surface area contributed by atoms with Crippen LogP contribution in [-0.4, -0.2) is 17.0 Å². The van der Waals surface area contributed by atoms with E-state index in [9.17, 15) is 0 Å². The molecule has 0 aromatic heterocycles. The second-order valence-electron chi connectivity index (χ2n) is 9.48. The monoisotopic (exact) mass is 536 g/mol. The Bertz CT molecular complexity index is 508. The molecule has 3 radical (unpaired) electrons. The zero-order valence-corrected chi connectivity index (χ0v) is 21.7. The van der Waals surface area contributed by atoms with E-state index in [0.717, 1.165) is 0 Å². The second kappa shape index (κ2) is 14.7. The number of hydrogen-bond donors (Lipinski definition) is 0. The molecule has 5 rings (SSSR count).